The van der Waals surface area contributed by atoms with Gasteiger partial charge in [-0.25, -0.2) is 0 Å². The summed E-state index contributed by atoms with van der Waals surface area (Å²) in [5, 5.41) is 3.67. The number of benzene rings is 1. The zero-order valence-corrected chi connectivity index (χ0v) is 14.7. The third-order valence-electron chi connectivity index (χ3n) is 4.16. The van der Waals surface area contributed by atoms with Crippen LogP contribution in [0.2, 0.25) is 0 Å². The van der Waals surface area contributed by atoms with Crippen molar-refractivity contribution in [2.75, 3.05) is 6.54 Å². The molecular formula is C20H35N. The van der Waals surface area contributed by atoms with E-state index in [1.54, 1.807) is 0 Å². The fourth-order valence-electron chi connectivity index (χ4n) is 3.21. The van der Waals surface area contributed by atoms with E-state index in [-0.39, 0.29) is 0 Å². The molecule has 1 heteroatoms. The first-order chi connectivity index (χ1) is 10.2. The van der Waals surface area contributed by atoms with Crippen molar-refractivity contribution >= 4 is 0 Å². The molecule has 120 valence electrons. The highest BCUT2D eigenvalue weighted by atomic mass is 14.9. The summed E-state index contributed by atoms with van der Waals surface area (Å²) in [6, 6.07) is 7.60. The second kappa shape index (κ2) is 10.8. The van der Waals surface area contributed by atoms with Gasteiger partial charge in [-0.15, -0.1) is 0 Å². The number of aryl methyl sites for hydroxylation is 2. The Hall–Kier alpha value is -0.820. The Bertz CT molecular complexity index is 363. The minimum absolute atomic E-state index is 0.641. The van der Waals surface area contributed by atoms with Crippen molar-refractivity contribution < 1.29 is 0 Å². The quantitative estimate of drug-likeness (QED) is 0.525. The van der Waals surface area contributed by atoms with Gasteiger partial charge in [0.15, 0.2) is 0 Å². The van der Waals surface area contributed by atoms with Crippen LogP contribution in [0.25, 0.3) is 0 Å². The summed E-state index contributed by atoms with van der Waals surface area (Å²) in [5.74, 6) is 0. The molecule has 1 unspecified atom stereocenters. The minimum Gasteiger partial charge on any atom is -0.314 e. The van der Waals surface area contributed by atoms with Crippen LogP contribution in [0, 0.1) is 13.8 Å². The second-order valence-electron chi connectivity index (χ2n) is 6.51. The van der Waals surface area contributed by atoms with E-state index < -0.39 is 0 Å². The van der Waals surface area contributed by atoms with Crippen molar-refractivity contribution in [1.82, 2.24) is 5.32 Å². The molecule has 0 aliphatic carbocycles. The molecule has 0 saturated heterocycles. The van der Waals surface area contributed by atoms with Crippen molar-refractivity contribution in [3.05, 3.63) is 34.9 Å². The van der Waals surface area contributed by atoms with Gasteiger partial charge in [0.1, 0.15) is 0 Å². The smallest absolute Gasteiger partial charge is 0.0107 e. The van der Waals surface area contributed by atoms with Gasteiger partial charge < -0.3 is 5.32 Å². The average Bonchev–Trinajstić information content (AvgIpc) is 2.41. The van der Waals surface area contributed by atoms with Crippen molar-refractivity contribution in [1.29, 1.82) is 0 Å². The van der Waals surface area contributed by atoms with E-state index >= 15 is 0 Å². The Kier molecular flexibility index (Phi) is 9.41. The lowest BCUT2D eigenvalue weighted by Crippen LogP contribution is -2.31. The molecule has 0 aliphatic heterocycles. The van der Waals surface area contributed by atoms with Gasteiger partial charge in [-0.2, -0.15) is 0 Å². The summed E-state index contributed by atoms with van der Waals surface area (Å²) in [4.78, 5) is 0. The summed E-state index contributed by atoms with van der Waals surface area (Å²) in [5.41, 5.74) is 4.27. The zero-order valence-electron chi connectivity index (χ0n) is 14.7. The van der Waals surface area contributed by atoms with Crippen LogP contribution in [0.5, 0.6) is 0 Å². The van der Waals surface area contributed by atoms with Crippen molar-refractivity contribution in [2.24, 2.45) is 0 Å². The molecule has 0 amide bonds. The largest absolute Gasteiger partial charge is 0.314 e. The lowest BCUT2D eigenvalue weighted by atomic mass is 9.97. The maximum absolute atomic E-state index is 3.67. The molecule has 21 heavy (non-hydrogen) atoms. The Morgan fingerprint density at radius 3 is 2.10 bits per heavy atom. The first-order valence-corrected chi connectivity index (χ1v) is 8.96. The van der Waals surface area contributed by atoms with Crippen LogP contribution in [-0.4, -0.2) is 12.6 Å². The van der Waals surface area contributed by atoms with E-state index in [2.05, 4.69) is 51.2 Å². The molecular weight excluding hydrogens is 254 g/mol. The normalized spacial score (nSPS) is 12.6. The molecule has 1 atom stereocenters. The van der Waals surface area contributed by atoms with E-state index in [1.165, 1.54) is 68.1 Å². The SMILES string of the molecule is CCCCCCCCC(Cc1cc(C)cc(C)c1)NCC. The maximum atomic E-state index is 3.67. The molecule has 0 bridgehead atoms. The van der Waals surface area contributed by atoms with Gasteiger partial charge >= 0.3 is 0 Å². The van der Waals surface area contributed by atoms with Crippen LogP contribution in [0.4, 0.5) is 0 Å². The summed E-state index contributed by atoms with van der Waals surface area (Å²) < 4.78 is 0. The predicted molar refractivity (Wildman–Crippen MR) is 95.1 cm³/mol. The van der Waals surface area contributed by atoms with E-state index in [4.69, 9.17) is 0 Å². The Balaban J connectivity index is 2.38. The van der Waals surface area contributed by atoms with Crippen LogP contribution in [-0.2, 0) is 6.42 Å². The zero-order chi connectivity index (χ0) is 15.5. The first-order valence-electron chi connectivity index (χ1n) is 8.96. The number of nitrogens with one attached hydrogen (secondary N) is 1. The predicted octanol–water partition coefficient (Wildman–Crippen LogP) is 5.57. The molecule has 1 aromatic carbocycles. The molecule has 0 radical (unpaired) electrons. The van der Waals surface area contributed by atoms with E-state index in [0.717, 1.165) is 6.54 Å². The number of rotatable bonds is 11. The number of hydrogen-bond acceptors (Lipinski definition) is 1. The maximum Gasteiger partial charge on any atom is 0.0107 e. The van der Waals surface area contributed by atoms with Crippen LogP contribution < -0.4 is 5.32 Å². The number of hydrogen-bond donors (Lipinski definition) is 1. The highest BCUT2D eigenvalue weighted by Gasteiger charge is 2.09. The molecule has 0 spiro atoms. The lowest BCUT2D eigenvalue weighted by molar-refractivity contribution is 0.459. The summed E-state index contributed by atoms with van der Waals surface area (Å²) >= 11 is 0. The molecule has 0 aromatic heterocycles. The minimum atomic E-state index is 0.641. The van der Waals surface area contributed by atoms with Crippen LogP contribution in [0.1, 0.15) is 75.5 Å². The molecule has 1 rings (SSSR count). The Morgan fingerprint density at radius 1 is 0.857 bits per heavy atom. The Morgan fingerprint density at radius 2 is 1.48 bits per heavy atom. The lowest BCUT2D eigenvalue weighted by Gasteiger charge is -2.18. The fraction of sp³-hybridized carbons (Fsp3) is 0.700. The standard InChI is InChI=1S/C20H35N/c1-5-7-8-9-10-11-12-20(21-6-2)16-19-14-17(3)13-18(4)15-19/h13-15,20-21H,5-12,16H2,1-4H3. The van der Waals surface area contributed by atoms with Gasteiger partial charge in [0.05, 0.1) is 0 Å². The average molecular weight is 290 g/mol. The fourth-order valence-corrected chi connectivity index (χ4v) is 3.21. The molecule has 1 N–H and O–H groups in total. The van der Waals surface area contributed by atoms with Gasteiger partial charge in [-0.1, -0.05) is 81.7 Å². The summed E-state index contributed by atoms with van der Waals surface area (Å²) in [6.07, 6.45) is 10.8. The summed E-state index contributed by atoms with van der Waals surface area (Å²) in [6.45, 7) is 9.98. The van der Waals surface area contributed by atoms with Crippen LogP contribution in [0.3, 0.4) is 0 Å². The van der Waals surface area contributed by atoms with E-state index in [0.29, 0.717) is 6.04 Å². The topological polar surface area (TPSA) is 12.0 Å². The summed E-state index contributed by atoms with van der Waals surface area (Å²) in [7, 11) is 0. The van der Waals surface area contributed by atoms with Crippen molar-refractivity contribution in [3.63, 3.8) is 0 Å². The Labute approximate surface area is 132 Å². The second-order valence-corrected chi connectivity index (χ2v) is 6.51. The van der Waals surface area contributed by atoms with Crippen LogP contribution in [0.15, 0.2) is 18.2 Å². The molecule has 0 aliphatic rings. The van der Waals surface area contributed by atoms with Gasteiger partial charge in [-0.3, -0.25) is 0 Å². The monoisotopic (exact) mass is 289 g/mol. The molecule has 1 nitrogen and oxygen atoms in total. The van der Waals surface area contributed by atoms with Gasteiger partial charge in [0.2, 0.25) is 0 Å². The van der Waals surface area contributed by atoms with Crippen molar-refractivity contribution in [2.45, 2.75) is 85.1 Å². The highest BCUT2D eigenvalue weighted by Crippen LogP contribution is 2.15. The van der Waals surface area contributed by atoms with Gasteiger partial charge in [0, 0.05) is 6.04 Å². The van der Waals surface area contributed by atoms with Gasteiger partial charge in [0.25, 0.3) is 0 Å². The van der Waals surface area contributed by atoms with Crippen molar-refractivity contribution in [3.8, 4) is 0 Å². The first kappa shape index (κ1) is 18.2. The van der Waals surface area contributed by atoms with Gasteiger partial charge in [-0.05, 0) is 38.8 Å². The molecule has 0 fully saturated rings. The molecule has 1 aromatic rings. The third kappa shape index (κ3) is 8.26. The molecule has 0 saturated carbocycles. The van der Waals surface area contributed by atoms with Crippen LogP contribution >= 0.6 is 0 Å². The highest BCUT2D eigenvalue weighted by molar-refractivity contribution is 5.29. The number of unbranched alkanes of at least 4 members (excludes halogenated alkanes) is 5. The van der Waals surface area contributed by atoms with E-state index in [9.17, 15) is 0 Å². The van der Waals surface area contributed by atoms with E-state index in [1.807, 2.05) is 0 Å². The molecule has 0 heterocycles. The number of likely N-dealkylation sites (N-methyl/N-ethyl adjacent to an activating group) is 1. The third-order valence-corrected chi connectivity index (χ3v) is 4.16.